The zero-order valence-corrected chi connectivity index (χ0v) is 9.53. The van der Waals surface area contributed by atoms with Crippen LogP contribution in [0.15, 0.2) is 18.2 Å². The van der Waals surface area contributed by atoms with Gasteiger partial charge in [0.1, 0.15) is 5.75 Å². The normalized spacial score (nSPS) is 19.7. The molecule has 1 aliphatic rings. The van der Waals surface area contributed by atoms with Crippen molar-refractivity contribution in [2.45, 2.75) is 6.42 Å². The third-order valence-electron chi connectivity index (χ3n) is 2.86. The lowest BCUT2D eigenvalue weighted by molar-refractivity contribution is 0.187. The molecule has 0 spiro atoms. The Bertz CT molecular complexity index is 349. The Morgan fingerprint density at radius 2 is 2.44 bits per heavy atom. The van der Waals surface area contributed by atoms with Crippen molar-refractivity contribution in [3.8, 4) is 5.75 Å². The molecule has 0 radical (unpaired) electrons. The fourth-order valence-electron chi connectivity index (χ4n) is 1.83. The Kier molecular flexibility index (Phi) is 3.51. The van der Waals surface area contributed by atoms with E-state index in [1.54, 1.807) is 7.11 Å². The van der Waals surface area contributed by atoms with Crippen LogP contribution in [0, 0.1) is 5.92 Å². The summed E-state index contributed by atoms with van der Waals surface area (Å²) in [6.07, 6.45) is 1.13. The molecule has 1 unspecified atom stereocenters. The number of hydrogen-bond acceptors (Lipinski definition) is 4. The van der Waals surface area contributed by atoms with E-state index in [2.05, 4.69) is 5.32 Å². The van der Waals surface area contributed by atoms with Crippen LogP contribution < -0.4 is 15.8 Å². The summed E-state index contributed by atoms with van der Waals surface area (Å²) in [5, 5.41) is 3.35. The quantitative estimate of drug-likeness (QED) is 0.762. The molecular formula is C12H18N2O2. The molecule has 1 fully saturated rings. The molecule has 0 amide bonds. The number of ether oxygens (including phenoxy) is 2. The van der Waals surface area contributed by atoms with Crippen LogP contribution in [0.2, 0.25) is 0 Å². The first kappa shape index (κ1) is 11.1. The molecule has 16 heavy (non-hydrogen) atoms. The minimum Gasteiger partial charge on any atom is -0.497 e. The summed E-state index contributed by atoms with van der Waals surface area (Å²) in [4.78, 5) is 0. The van der Waals surface area contributed by atoms with Gasteiger partial charge >= 0.3 is 0 Å². The highest BCUT2D eigenvalue weighted by Gasteiger charge is 2.15. The maximum Gasteiger partial charge on any atom is 0.121 e. The zero-order chi connectivity index (χ0) is 11.4. The molecule has 0 aromatic heterocycles. The van der Waals surface area contributed by atoms with Gasteiger partial charge in [0.25, 0.3) is 0 Å². The molecule has 1 heterocycles. The van der Waals surface area contributed by atoms with Gasteiger partial charge < -0.3 is 20.5 Å². The van der Waals surface area contributed by atoms with Crippen molar-refractivity contribution < 1.29 is 9.47 Å². The highest BCUT2D eigenvalue weighted by molar-refractivity contribution is 5.68. The largest absolute Gasteiger partial charge is 0.497 e. The molecule has 0 bridgehead atoms. The second-order valence-corrected chi connectivity index (χ2v) is 4.06. The van der Waals surface area contributed by atoms with Crippen molar-refractivity contribution >= 4 is 11.4 Å². The Morgan fingerprint density at radius 1 is 1.56 bits per heavy atom. The van der Waals surface area contributed by atoms with Crippen LogP contribution in [0.3, 0.4) is 0 Å². The topological polar surface area (TPSA) is 56.5 Å². The number of anilines is 2. The average molecular weight is 222 g/mol. The van der Waals surface area contributed by atoms with Crippen molar-refractivity contribution in [1.29, 1.82) is 0 Å². The van der Waals surface area contributed by atoms with Gasteiger partial charge in [0, 0.05) is 25.1 Å². The number of nitrogen functional groups attached to an aromatic ring is 1. The Hall–Kier alpha value is -1.42. The minimum absolute atomic E-state index is 0.599. The van der Waals surface area contributed by atoms with Crippen molar-refractivity contribution in [3.05, 3.63) is 18.2 Å². The van der Waals surface area contributed by atoms with Gasteiger partial charge in [-0.05, 0) is 18.6 Å². The number of rotatable bonds is 4. The molecule has 1 saturated heterocycles. The van der Waals surface area contributed by atoms with Crippen molar-refractivity contribution in [2.24, 2.45) is 5.92 Å². The lowest BCUT2D eigenvalue weighted by Gasteiger charge is -2.13. The monoisotopic (exact) mass is 222 g/mol. The molecular weight excluding hydrogens is 204 g/mol. The molecule has 4 heteroatoms. The van der Waals surface area contributed by atoms with Crippen LogP contribution in [0.1, 0.15) is 6.42 Å². The third kappa shape index (κ3) is 2.58. The van der Waals surface area contributed by atoms with E-state index < -0.39 is 0 Å². The number of benzene rings is 1. The number of methoxy groups -OCH3 is 1. The number of hydrogen-bond donors (Lipinski definition) is 2. The Labute approximate surface area is 95.7 Å². The second kappa shape index (κ2) is 5.07. The predicted octanol–water partition coefficient (Wildman–Crippen LogP) is 1.73. The van der Waals surface area contributed by atoms with Gasteiger partial charge in [-0.25, -0.2) is 0 Å². The summed E-state index contributed by atoms with van der Waals surface area (Å²) >= 11 is 0. The summed E-state index contributed by atoms with van der Waals surface area (Å²) in [6.45, 7) is 2.64. The zero-order valence-electron chi connectivity index (χ0n) is 9.53. The van der Waals surface area contributed by atoms with Gasteiger partial charge in [-0.2, -0.15) is 0 Å². The van der Waals surface area contributed by atoms with Gasteiger partial charge in [-0.15, -0.1) is 0 Å². The average Bonchev–Trinajstić information content (AvgIpc) is 2.80. The number of nitrogens with one attached hydrogen (secondary N) is 1. The highest BCUT2D eigenvalue weighted by Crippen LogP contribution is 2.24. The first-order chi connectivity index (χ1) is 7.79. The maximum atomic E-state index is 5.91. The molecule has 0 saturated carbocycles. The van der Waals surface area contributed by atoms with Crippen LogP contribution >= 0.6 is 0 Å². The first-order valence-electron chi connectivity index (χ1n) is 5.54. The van der Waals surface area contributed by atoms with Gasteiger partial charge in [0.15, 0.2) is 0 Å². The van der Waals surface area contributed by atoms with E-state index in [-0.39, 0.29) is 0 Å². The van der Waals surface area contributed by atoms with E-state index in [1.165, 1.54) is 0 Å². The summed E-state index contributed by atoms with van der Waals surface area (Å²) in [5.41, 5.74) is 7.59. The van der Waals surface area contributed by atoms with Gasteiger partial charge in [-0.1, -0.05) is 0 Å². The first-order valence-corrected chi connectivity index (χ1v) is 5.54. The van der Waals surface area contributed by atoms with Crippen LogP contribution in [0.4, 0.5) is 11.4 Å². The summed E-state index contributed by atoms with van der Waals surface area (Å²) < 4.78 is 10.4. The molecule has 1 aromatic rings. The van der Waals surface area contributed by atoms with Crippen LogP contribution in [-0.2, 0) is 4.74 Å². The summed E-state index contributed by atoms with van der Waals surface area (Å²) in [5.74, 6) is 1.38. The van der Waals surface area contributed by atoms with Crippen LogP contribution in [0.5, 0.6) is 5.75 Å². The van der Waals surface area contributed by atoms with E-state index in [0.717, 1.165) is 43.3 Å². The predicted molar refractivity (Wildman–Crippen MR) is 64.8 cm³/mol. The second-order valence-electron chi connectivity index (χ2n) is 4.06. The fraction of sp³-hybridized carbons (Fsp3) is 0.500. The molecule has 1 aromatic carbocycles. The SMILES string of the molecule is COc1ccc(NCC2CCOC2)c(N)c1. The van der Waals surface area contributed by atoms with E-state index in [1.807, 2.05) is 18.2 Å². The third-order valence-corrected chi connectivity index (χ3v) is 2.86. The van der Waals surface area contributed by atoms with Crippen molar-refractivity contribution in [1.82, 2.24) is 0 Å². The van der Waals surface area contributed by atoms with Crippen molar-refractivity contribution in [3.63, 3.8) is 0 Å². The minimum atomic E-state index is 0.599. The van der Waals surface area contributed by atoms with E-state index >= 15 is 0 Å². The molecule has 1 atom stereocenters. The molecule has 4 nitrogen and oxygen atoms in total. The van der Waals surface area contributed by atoms with E-state index in [0.29, 0.717) is 5.92 Å². The Balaban J connectivity index is 1.93. The molecule has 0 aliphatic carbocycles. The van der Waals surface area contributed by atoms with Crippen LogP contribution in [0.25, 0.3) is 0 Å². The van der Waals surface area contributed by atoms with Crippen LogP contribution in [-0.4, -0.2) is 26.9 Å². The molecule has 1 aliphatic heterocycles. The van der Waals surface area contributed by atoms with Gasteiger partial charge in [-0.3, -0.25) is 0 Å². The molecule has 88 valence electrons. The van der Waals surface area contributed by atoms with Crippen molar-refractivity contribution in [2.75, 3.05) is 37.9 Å². The van der Waals surface area contributed by atoms with Gasteiger partial charge in [0.05, 0.1) is 25.1 Å². The summed E-state index contributed by atoms with van der Waals surface area (Å²) in [6, 6.07) is 5.68. The fourth-order valence-corrected chi connectivity index (χ4v) is 1.83. The molecule has 2 rings (SSSR count). The summed E-state index contributed by atoms with van der Waals surface area (Å²) in [7, 11) is 1.64. The van der Waals surface area contributed by atoms with Gasteiger partial charge in [0.2, 0.25) is 0 Å². The standard InChI is InChI=1S/C12H18N2O2/c1-15-10-2-3-12(11(13)6-10)14-7-9-4-5-16-8-9/h2-3,6,9,14H,4-5,7-8,13H2,1H3. The lowest BCUT2D eigenvalue weighted by atomic mass is 10.1. The Morgan fingerprint density at radius 3 is 3.06 bits per heavy atom. The lowest BCUT2D eigenvalue weighted by Crippen LogP contribution is -2.14. The smallest absolute Gasteiger partial charge is 0.121 e. The van der Waals surface area contributed by atoms with E-state index in [9.17, 15) is 0 Å². The highest BCUT2D eigenvalue weighted by atomic mass is 16.5. The number of nitrogens with two attached hydrogens (primary N) is 1. The maximum absolute atomic E-state index is 5.91. The molecule has 3 N–H and O–H groups in total. The van der Waals surface area contributed by atoms with E-state index in [4.69, 9.17) is 15.2 Å².